The second-order valence-electron chi connectivity index (χ2n) is 6.30. The molecule has 0 saturated carbocycles. The number of carboxylic acid groups (broad SMARTS) is 1. The highest BCUT2D eigenvalue weighted by atomic mass is 16.6. The molecule has 1 unspecified atom stereocenters. The van der Waals surface area contributed by atoms with Crippen LogP contribution >= 0.6 is 0 Å². The third-order valence-corrected chi connectivity index (χ3v) is 3.53. The number of rotatable bonds is 3. The molecular formula is C15H21NO4. The fourth-order valence-corrected chi connectivity index (χ4v) is 2.69. The summed E-state index contributed by atoms with van der Waals surface area (Å²) < 4.78 is 11.9. The van der Waals surface area contributed by atoms with Crippen molar-refractivity contribution in [2.45, 2.75) is 51.4 Å². The van der Waals surface area contributed by atoms with Crippen molar-refractivity contribution in [1.29, 1.82) is 0 Å². The van der Waals surface area contributed by atoms with Gasteiger partial charge >= 0.3 is 5.97 Å². The van der Waals surface area contributed by atoms with Crippen LogP contribution in [0.1, 0.15) is 44.5 Å². The molecule has 1 aliphatic heterocycles. The summed E-state index contributed by atoms with van der Waals surface area (Å²) in [6, 6.07) is 4.73. The lowest BCUT2D eigenvalue weighted by molar-refractivity contribution is -0.0846. The number of aromatic carboxylic acids is 1. The van der Waals surface area contributed by atoms with E-state index in [4.69, 9.17) is 15.2 Å². The molecule has 2 rings (SSSR count). The highest BCUT2D eigenvalue weighted by Gasteiger charge is 2.47. The van der Waals surface area contributed by atoms with Gasteiger partial charge in [0, 0.05) is 6.42 Å². The Morgan fingerprint density at radius 1 is 1.40 bits per heavy atom. The lowest BCUT2D eigenvalue weighted by Crippen LogP contribution is -2.37. The van der Waals surface area contributed by atoms with Crippen molar-refractivity contribution in [3.05, 3.63) is 23.8 Å². The average molecular weight is 279 g/mol. The SMILES string of the molecule is CC1(C)CC(Oc2c(N)cccc2C(=O)O)C(C)(C)O1. The molecule has 1 atom stereocenters. The van der Waals surface area contributed by atoms with Gasteiger partial charge in [0.2, 0.25) is 0 Å². The van der Waals surface area contributed by atoms with Crippen LogP contribution in [-0.4, -0.2) is 28.4 Å². The molecule has 0 spiro atoms. The number of nitrogens with two attached hydrogens (primary N) is 1. The topological polar surface area (TPSA) is 81.8 Å². The van der Waals surface area contributed by atoms with Gasteiger partial charge in [-0.1, -0.05) is 6.07 Å². The summed E-state index contributed by atoms with van der Waals surface area (Å²) >= 11 is 0. The van der Waals surface area contributed by atoms with Gasteiger partial charge in [0.25, 0.3) is 0 Å². The van der Waals surface area contributed by atoms with E-state index in [1.54, 1.807) is 12.1 Å². The zero-order valence-electron chi connectivity index (χ0n) is 12.3. The van der Waals surface area contributed by atoms with E-state index in [9.17, 15) is 9.90 Å². The van der Waals surface area contributed by atoms with Crippen LogP contribution < -0.4 is 10.5 Å². The van der Waals surface area contributed by atoms with Gasteiger partial charge in [-0.15, -0.1) is 0 Å². The average Bonchev–Trinajstić information content (AvgIpc) is 2.49. The maximum atomic E-state index is 11.3. The first-order valence-corrected chi connectivity index (χ1v) is 6.61. The Balaban J connectivity index is 2.34. The Morgan fingerprint density at radius 3 is 2.55 bits per heavy atom. The lowest BCUT2D eigenvalue weighted by Gasteiger charge is -2.28. The Morgan fingerprint density at radius 2 is 2.05 bits per heavy atom. The molecule has 0 amide bonds. The fraction of sp³-hybridized carbons (Fsp3) is 0.533. The zero-order chi connectivity index (χ0) is 15.1. The van der Waals surface area contributed by atoms with Crippen molar-refractivity contribution in [2.75, 3.05) is 5.73 Å². The molecule has 0 bridgehead atoms. The largest absolute Gasteiger partial charge is 0.484 e. The maximum absolute atomic E-state index is 11.3. The highest BCUT2D eigenvalue weighted by molar-refractivity contribution is 5.93. The van der Waals surface area contributed by atoms with E-state index >= 15 is 0 Å². The number of carbonyl (C=O) groups is 1. The van der Waals surface area contributed by atoms with Crippen molar-refractivity contribution >= 4 is 11.7 Å². The summed E-state index contributed by atoms with van der Waals surface area (Å²) in [5.74, 6) is -0.831. The first-order valence-electron chi connectivity index (χ1n) is 6.61. The Labute approximate surface area is 118 Å². The summed E-state index contributed by atoms with van der Waals surface area (Å²) in [6.45, 7) is 7.85. The van der Waals surface area contributed by atoms with E-state index in [2.05, 4.69) is 0 Å². The third kappa shape index (κ3) is 2.72. The predicted octanol–water partition coefficient (Wildman–Crippen LogP) is 2.69. The molecule has 0 aliphatic carbocycles. The van der Waals surface area contributed by atoms with Gasteiger partial charge in [0.1, 0.15) is 17.3 Å². The van der Waals surface area contributed by atoms with Crippen LogP contribution in [0.5, 0.6) is 5.75 Å². The number of para-hydroxylation sites is 1. The minimum Gasteiger partial charge on any atom is -0.484 e. The molecule has 110 valence electrons. The van der Waals surface area contributed by atoms with Crippen LogP contribution in [0.3, 0.4) is 0 Å². The van der Waals surface area contributed by atoms with Crippen LogP contribution in [-0.2, 0) is 4.74 Å². The van der Waals surface area contributed by atoms with Crippen molar-refractivity contribution < 1.29 is 19.4 Å². The molecule has 1 saturated heterocycles. The molecule has 5 nitrogen and oxygen atoms in total. The van der Waals surface area contributed by atoms with Crippen molar-refractivity contribution in [3.63, 3.8) is 0 Å². The fourth-order valence-electron chi connectivity index (χ4n) is 2.69. The van der Waals surface area contributed by atoms with Crippen LogP contribution in [0, 0.1) is 0 Å². The van der Waals surface area contributed by atoms with Crippen LogP contribution in [0.2, 0.25) is 0 Å². The molecule has 1 fully saturated rings. The maximum Gasteiger partial charge on any atom is 0.339 e. The molecule has 3 N–H and O–H groups in total. The first-order chi connectivity index (χ1) is 9.12. The molecule has 1 aliphatic rings. The summed E-state index contributed by atoms with van der Waals surface area (Å²) in [6.07, 6.45) is 0.424. The molecular weight excluding hydrogens is 258 g/mol. The monoisotopic (exact) mass is 279 g/mol. The number of nitrogen functional groups attached to an aromatic ring is 1. The molecule has 1 aromatic carbocycles. The number of ether oxygens (including phenoxy) is 2. The van der Waals surface area contributed by atoms with Gasteiger partial charge in [0.05, 0.1) is 11.3 Å². The van der Waals surface area contributed by atoms with E-state index < -0.39 is 11.6 Å². The van der Waals surface area contributed by atoms with Crippen LogP contribution in [0.15, 0.2) is 18.2 Å². The lowest BCUT2D eigenvalue weighted by atomic mass is 9.97. The normalized spacial score (nSPS) is 23.5. The summed E-state index contributed by atoms with van der Waals surface area (Å²) in [4.78, 5) is 11.3. The van der Waals surface area contributed by atoms with Gasteiger partial charge in [-0.2, -0.15) is 0 Å². The summed E-state index contributed by atoms with van der Waals surface area (Å²) in [5, 5.41) is 9.23. The van der Waals surface area contributed by atoms with E-state index in [0.29, 0.717) is 12.1 Å². The Bertz CT molecular complexity index is 537. The van der Waals surface area contributed by atoms with Crippen molar-refractivity contribution in [2.24, 2.45) is 0 Å². The standard InChI is InChI=1S/C15H21NO4/c1-14(2)8-11(15(3,4)20-14)19-12-9(13(17)18)6-5-7-10(12)16/h5-7,11H,8,16H2,1-4H3,(H,17,18). The summed E-state index contributed by atoms with van der Waals surface area (Å²) in [7, 11) is 0. The molecule has 1 aromatic rings. The van der Waals surface area contributed by atoms with Gasteiger partial charge in [-0.05, 0) is 39.8 Å². The molecule has 5 heteroatoms. The van der Waals surface area contributed by atoms with Crippen molar-refractivity contribution in [1.82, 2.24) is 0 Å². The zero-order valence-corrected chi connectivity index (χ0v) is 12.3. The van der Waals surface area contributed by atoms with Crippen molar-refractivity contribution in [3.8, 4) is 5.75 Å². The Hall–Kier alpha value is -1.75. The number of anilines is 1. The van der Waals surface area contributed by atoms with Gasteiger partial charge in [0.15, 0.2) is 5.75 Å². The number of carboxylic acids is 1. The van der Waals surface area contributed by atoms with E-state index in [1.807, 2.05) is 27.7 Å². The van der Waals surface area contributed by atoms with Gasteiger partial charge in [-0.25, -0.2) is 4.79 Å². The molecule has 20 heavy (non-hydrogen) atoms. The Kier molecular flexibility index (Phi) is 3.42. The van der Waals surface area contributed by atoms with Gasteiger partial charge < -0.3 is 20.3 Å². The predicted molar refractivity (Wildman–Crippen MR) is 76.1 cm³/mol. The third-order valence-electron chi connectivity index (χ3n) is 3.53. The minimum atomic E-state index is -1.05. The number of hydrogen-bond acceptors (Lipinski definition) is 4. The van der Waals surface area contributed by atoms with E-state index in [0.717, 1.165) is 0 Å². The summed E-state index contributed by atoms with van der Waals surface area (Å²) in [5.41, 5.74) is 5.46. The molecule has 0 aromatic heterocycles. The van der Waals surface area contributed by atoms with E-state index in [1.165, 1.54) is 6.07 Å². The van der Waals surface area contributed by atoms with Gasteiger partial charge in [-0.3, -0.25) is 0 Å². The number of benzene rings is 1. The van der Waals surface area contributed by atoms with E-state index in [-0.39, 0.29) is 23.0 Å². The van der Waals surface area contributed by atoms with Crippen LogP contribution in [0.4, 0.5) is 5.69 Å². The van der Waals surface area contributed by atoms with Crippen LogP contribution in [0.25, 0.3) is 0 Å². The first kappa shape index (κ1) is 14.7. The molecule has 1 heterocycles. The second-order valence-corrected chi connectivity index (χ2v) is 6.30. The number of hydrogen-bond donors (Lipinski definition) is 2. The quantitative estimate of drug-likeness (QED) is 0.831. The minimum absolute atomic E-state index is 0.0745. The smallest absolute Gasteiger partial charge is 0.339 e. The molecule has 0 radical (unpaired) electrons. The second kappa shape index (κ2) is 4.66. The highest BCUT2D eigenvalue weighted by Crippen LogP contribution is 2.41.